The summed E-state index contributed by atoms with van der Waals surface area (Å²) in [7, 11) is 1.31. The molecule has 0 unspecified atom stereocenters. The topological polar surface area (TPSA) is 63.7 Å². The Morgan fingerprint density at radius 2 is 1.21 bits per heavy atom. The zero-order chi connectivity index (χ0) is 24.1. The molecule has 0 bridgehead atoms. The van der Waals surface area contributed by atoms with E-state index in [9.17, 15) is 14.4 Å². The Bertz CT molecular complexity index is 1210. The molecule has 0 atom stereocenters. The summed E-state index contributed by atoms with van der Waals surface area (Å²) in [5.74, 6) is -1.46. The zero-order valence-electron chi connectivity index (χ0n) is 19.1. The molecule has 0 N–H and O–H groups in total. The maximum absolute atomic E-state index is 13.8. The van der Waals surface area contributed by atoms with Gasteiger partial charge >= 0.3 is 5.97 Å². The standard InChI is InChI=1S/C29H25NO4/c1-20-11-9-10-16-23(20)27-24(28(32)21-12-5-3-6-13-21)17-30(19-26(31)34-2)18-25(27)29(33)22-14-7-4-8-15-22/h3-18,27H,19H2,1-2H3. The van der Waals surface area contributed by atoms with Crippen LogP contribution in [0.15, 0.2) is 108 Å². The lowest BCUT2D eigenvalue weighted by molar-refractivity contribution is -0.140. The van der Waals surface area contributed by atoms with Gasteiger partial charge in [-0.2, -0.15) is 0 Å². The quantitative estimate of drug-likeness (QED) is 0.369. The van der Waals surface area contributed by atoms with Crippen molar-refractivity contribution in [3.8, 4) is 0 Å². The van der Waals surface area contributed by atoms with Gasteiger partial charge in [-0.15, -0.1) is 0 Å². The van der Waals surface area contributed by atoms with E-state index in [4.69, 9.17) is 4.74 Å². The smallest absolute Gasteiger partial charge is 0.325 e. The number of carbonyl (C=O) groups is 3. The van der Waals surface area contributed by atoms with Crippen molar-refractivity contribution < 1.29 is 19.1 Å². The van der Waals surface area contributed by atoms with Crippen molar-refractivity contribution in [2.45, 2.75) is 12.8 Å². The first-order valence-corrected chi connectivity index (χ1v) is 11.0. The maximum Gasteiger partial charge on any atom is 0.325 e. The highest BCUT2D eigenvalue weighted by Crippen LogP contribution is 2.40. The van der Waals surface area contributed by atoms with Crippen LogP contribution in [0.3, 0.4) is 0 Å². The summed E-state index contributed by atoms with van der Waals surface area (Å²) in [4.78, 5) is 41.2. The number of esters is 1. The fourth-order valence-corrected chi connectivity index (χ4v) is 4.15. The molecule has 1 aliphatic rings. The summed E-state index contributed by atoms with van der Waals surface area (Å²) >= 11 is 0. The Morgan fingerprint density at radius 1 is 0.735 bits per heavy atom. The van der Waals surface area contributed by atoms with E-state index in [1.807, 2.05) is 43.3 Å². The molecule has 0 amide bonds. The second-order valence-electron chi connectivity index (χ2n) is 8.10. The lowest BCUT2D eigenvalue weighted by Crippen LogP contribution is -2.31. The van der Waals surface area contributed by atoms with E-state index in [1.165, 1.54) is 7.11 Å². The van der Waals surface area contributed by atoms with Crippen LogP contribution in [-0.4, -0.2) is 36.1 Å². The Kier molecular flexibility index (Phi) is 6.83. The predicted octanol–water partition coefficient (Wildman–Crippen LogP) is 5.10. The van der Waals surface area contributed by atoms with Crippen LogP contribution in [0.2, 0.25) is 0 Å². The minimum absolute atomic E-state index is 0.117. The second kappa shape index (κ2) is 10.1. The molecular formula is C29H25NO4. The Balaban J connectivity index is 1.90. The summed E-state index contributed by atoms with van der Waals surface area (Å²) in [5.41, 5.74) is 3.70. The van der Waals surface area contributed by atoms with Gasteiger partial charge in [0.2, 0.25) is 0 Å². The van der Waals surface area contributed by atoms with Crippen molar-refractivity contribution >= 4 is 17.5 Å². The lowest BCUT2D eigenvalue weighted by atomic mass is 9.76. The van der Waals surface area contributed by atoms with Crippen LogP contribution < -0.4 is 0 Å². The SMILES string of the molecule is COC(=O)CN1C=C(C(=O)c2ccccc2)C(c2ccccc2C)C(C(=O)c2ccccc2)=C1. The molecule has 1 aliphatic heterocycles. The average Bonchev–Trinajstić information content (AvgIpc) is 2.88. The minimum atomic E-state index is -0.587. The first-order valence-electron chi connectivity index (χ1n) is 11.0. The number of carbonyl (C=O) groups excluding carboxylic acids is 3. The van der Waals surface area contributed by atoms with Crippen molar-refractivity contribution in [3.63, 3.8) is 0 Å². The first kappa shape index (κ1) is 22.9. The molecule has 0 fully saturated rings. The molecule has 3 aromatic carbocycles. The predicted molar refractivity (Wildman–Crippen MR) is 130 cm³/mol. The number of allylic oxidation sites excluding steroid dienone is 2. The highest BCUT2D eigenvalue weighted by molar-refractivity contribution is 6.15. The fraction of sp³-hybridized carbons (Fsp3) is 0.138. The summed E-state index contributed by atoms with van der Waals surface area (Å²) in [6, 6.07) is 25.6. The Hall–Kier alpha value is -4.25. The number of hydrogen-bond acceptors (Lipinski definition) is 5. The molecule has 5 nitrogen and oxygen atoms in total. The van der Waals surface area contributed by atoms with Gasteiger partial charge in [0.05, 0.1) is 7.11 Å². The van der Waals surface area contributed by atoms with Crippen LogP contribution in [0, 0.1) is 6.92 Å². The lowest BCUT2D eigenvalue weighted by Gasteiger charge is -2.31. The number of rotatable bonds is 7. The highest BCUT2D eigenvalue weighted by atomic mass is 16.5. The average molecular weight is 452 g/mol. The van der Waals surface area contributed by atoms with Crippen LogP contribution in [0.4, 0.5) is 0 Å². The van der Waals surface area contributed by atoms with Gasteiger partial charge in [0.25, 0.3) is 0 Å². The Labute approximate surface area is 199 Å². The molecule has 0 aliphatic carbocycles. The van der Waals surface area contributed by atoms with Crippen molar-refractivity contribution in [1.29, 1.82) is 0 Å². The van der Waals surface area contributed by atoms with Crippen LogP contribution in [0.5, 0.6) is 0 Å². The summed E-state index contributed by atoms with van der Waals surface area (Å²) in [5, 5.41) is 0. The number of ether oxygens (including phenoxy) is 1. The van der Waals surface area contributed by atoms with Gasteiger partial charge in [-0.1, -0.05) is 84.9 Å². The molecule has 5 heteroatoms. The molecule has 0 spiro atoms. The van der Waals surface area contributed by atoms with E-state index in [0.717, 1.165) is 11.1 Å². The van der Waals surface area contributed by atoms with Gasteiger partial charge in [0.1, 0.15) is 6.54 Å². The van der Waals surface area contributed by atoms with Crippen LogP contribution in [-0.2, 0) is 9.53 Å². The molecule has 4 rings (SSSR count). The zero-order valence-corrected chi connectivity index (χ0v) is 19.1. The van der Waals surface area contributed by atoms with E-state index in [1.54, 1.807) is 65.8 Å². The number of ketones is 2. The van der Waals surface area contributed by atoms with Crippen LogP contribution >= 0.6 is 0 Å². The van der Waals surface area contributed by atoms with Crippen molar-refractivity contribution in [1.82, 2.24) is 4.90 Å². The molecular weight excluding hydrogens is 426 g/mol. The molecule has 0 saturated carbocycles. The second-order valence-corrected chi connectivity index (χ2v) is 8.10. The monoisotopic (exact) mass is 451 g/mol. The van der Waals surface area contributed by atoms with Gasteiger partial charge in [0, 0.05) is 40.6 Å². The third-order valence-corrected chi connectivity index (χ3v) is 5.87. The summed E-state index contributed by atoms with van der Waals surface area (Å²) < 4.78 is 4.84. The van der Waals surface area contributed by atoms with E-state index < -0.39 is 11.9 Å². The molecule has 0 aromatic heterocycles. The number of aryl methyl sites for hydroxylation is 1. The minimum Gasteiger partial charge on any atom is -0.468 e. The molecule has 34 heavy (non-hydrogen) atoms. The van der Waals surface area contributed by atoms with Gasteiger partial charge in [-0.05, 0) is 18.1 Å². The number of Topliss-reactive ketones (excluding diaryl/α,β-unsaturated/α-hetero) is 2. The van der Waals surface area contributed by atoms with E-state index >= 15 is 0 Å². The summed E-state index contributed by atoms with van der Waals surface area (Å²) in [6.45, 7) is 1.85. The highest BCUT2D eigenvalue weighted by Gasteiger charge is 2.35. The third kappa shape index (κ3) is 4.74. The fourth-order valence-electron chi connectivity index (χ4n) is 4.15. The molecule has 0 saturated heterocycles. The third-order valence-electron chi connectivity index (χ3n) is 5.87. The van der Waals surface area contributed by atoms with Crippen molar-refractivity contribution in [3.05, 3.63) is 131 Å². The molecule has 3 aromatic rings. The largest absolute Gasteiger partial charge is 0.468 e. The summed E-state index contributed by atoms with van der Waals surface area (Å²) in [6.07, 6.45) is 3.32. The molecule has 1 heterocycles. The first-order chi connectivity index (χ1) is 16.5. The Morgan fingerprint density at radius 3 is 1.68 bits per heavy atom. The van der Waals surface area contributed by atoms with Crippen LogP contribution in [0.1, 0.15) is 37.8 Å². The number of benzene rings is 3. The van der Waals surface area contributed by atoms with Gasteiger partial charge in [-0.3, -0.25) is 14.4 Å². The normalized spacial score (nSPS) is 13.6. The maximum atomic E-state index is 13.8. The van der Waals surface area contributed by atoms with Gasteiger partial charge in [-0.25, -0.2) is 0 Å². The van der Waals surface area contributed by atoms with Crippen LogP contribution in [0.25, 0.3) is 0 Å². The number of nitrogens with zero attached hydrogens (tertiary/aromatic N) is 1. The van der Waals surface area contributed by atoms with E-state index in [0.29, 0.717) is 22.3 Å². The number of methoxy groups -OCH3 is 1. The van der Waals surface area contributed by atoms with Crippen molar-refractivity contribution in [2.24, 2.45) is 0 Å². The number of hydrogen-bond donors (Lipinski definition) is 0. The van der Waals surface area contributed by atoms with Gasteiger partial charge < -0.3 is 9.64 Å². The van der Waals surface area contributed by atoms with E-state index in [2.05, 4.69) is 0 Å². The molecule has 170 valence electrons. The van der Waals surface area contributed by atoms with E-state index in [-0.39, 0.29) is 18.1 Å². The molecule has 0 radical (unpaired) electrons. The van der Waals surface area contributed by atoms with Gasteiger partial charge in [0.15, 0.2) is 11.6 Å². The van der Waals surface area contributed by atoms with Crippen molar-refractivity contribution in [2.75, 3.05) is 13.7 Å².